The smallest absolute Gasteiger partial charge is 0.270 e. The van der Waals surface area contributed by atoms with Crippen LogP contribution in [-0.4, -0.2) is 56.4 Å². The number of carbonyl (C=O) groups excluding carboxylic acids is 1. The van der Waals surface area contributed by atoms with Crippen molar-refractivity contribution in [3.8, 4) is 0 Å². The Morgan fingerprint density at radius 2 is 2.21 bits per heavy atom. The van der Waals surface area contributed by atoms with E-state index in [9.17, 15) is 9.18 Å². The van der Waals surface area contributed by atoms with Gasteiger partial charge in [0.1, 0.15) is 23.4 Å². The number of rotatable bonds is 1. The fourth-order valence-electron chi connectivity index (χ4n) is 4.50. The van der Waals surface area contributed by atoms with Crippen LogP contribution in [0.2, 0.25) is 0 Å². The second-order valence-corrected chi connectivity index (χ2v) is 7.64. The minimum Gasteiger partial charge on any atom is -0.350 e. The molecule has 3 aliphatic heterocycles. The molecule has 2 aromatic rings. The molecule has 2 aromatic heterocycles. The van der Waals surface area contributed by atoms with Crippen molar-refractivity contribution in [3.63, 3.8) is 0 Å². The van der Waals surface area contributed by atoms with Crippen molar-refractivity contribution in [2.24, 2.45) is 0 Å². The molecule has 5 rings (SSSR count). The van der Waals surface area contributed by atoms with Gasteiger partial charge < -0.3 is 5.32 Å². The Kier molecular flexibility index (Phi) is 4.56. The number of likely N-dealkylation sites (N-methyl/N-ethyl adjacent to an activating group) is 1. The molecule has 0 saturated carbocycles. The molecule has 0 aliphatic carbocycles. The summed E-state index contributed by atoms with van der Waals surface area (Å²) < 4.78 is 15.8. The second-order valence-electron chi connectivity index (χ2n) is 7.64. The molecule has 1 amide bonds. The minimum atomic E-state index is -0.312. The summed E-state index contributed by atoms with van der Waals surface area (Å²) >= 11 is 0. The lowest BCUT2D eigenvalue weighted by molar-refractivity contribution is 0.0799. The topological polar surface area (TPSA) is 78.3 Å². The Hall–Kier alpha value is -2.78. The summed E-state index contributed by atoms with van der Waals surface area (Å²) in [5, 5.41) is 9.63. The van der Waals surface area contributed by atoms with Gasteiger partial charge in [-0.15, -0.1) is 0 Å². The van der Waals surface area contributed by atoms with Gasteiger partial charge in [-0.25, -0.2) is 14.1 Å². The third kappa shape index (κ3) is 3.20. The van der Waals surface area contributed by atoms with Crippen molar-refractivity contribution < 1.29 is 9.18 Å². The standard InChI is InChI=1S/C20H24FN7O/c1-2-26-8-5-16-14(10-13(21)11-22-16)17-4-3-7-27(17)18-6-9-28-19(24-18)15(12-23-28)20(29)25-26/h6,9-12,17-18,24H,2-5,7-8H2,1H3,(H,25,29). The van der Waals surface area contributed by atoms with Gasteiger partial charge in [-0.1, -0.05) is 6.92 Å². The fourth-order valence-corrected chi connectivity index (χ4v) is 4.50. The van der Waals surface area contributed by atoms with Crippen molar-refractivity contribution in [2.45, 2.75) is 38.4 Å². The molecule has 2 atom stereocenters. The minimum absolute atomic E-state index is 0.0766. The average Bonchev–Trinajstić information content (AvgIpc) is 3.37. The number of hydrogen-bond donors (Lipinski definition) is 2. The van der Waals surface area contributed by atoms with Crippen LogP contribution in [0, 0.1) is 5.82 Å². The van der Waals surface area contributed by atoms with Gasteiger partial charge in [0.15, 0.2) is 0 Å². The summed E-state index contributed by atoms with van der Waals surface area (Å²) in [6.07, 6.45) is 9.30. The van der Waals surface area contributed by atoms with Gasteiger partial charge in [-0.3, -0.25) is 20.1 Å². The SMILES string of the molecule is CCN1CCc2ncc(F)cc2C2CCCN2C2C=Cn3ncc(c3N2)C(=O)N1. The van der Waals surface area contributed by atoms with E-state index in [4.69, 9.17) is 0 Å². The first-order valence-electron chi connectivity index (χ1n) is 10.1. The Labute approximate surface area is 168 Å². The molecule has 5 heterocycles. The summed E-state index contributed by atoms with van der Waals surface area (Å²) in [6.45, 7) is 4.12. The first-order chi connectivity index (χ1) is 14.1. The van der Waals surface area contributed by atoms with Crippen LogP contribution in [0.4, 0.5) is 10.2 Å². The van der Waals surface area contributed by atoms with Crippen LogP contribution in [0.3, 0.4) is 0 Å². The quantitative estimate of drug-likeness (QED) is 0.767. The summed E-state index contributed by atoms with van der Waals surface area (Å²) in [5.41, 5.74) is 5.31. The highest BCUT2D eigenvalue weighted by molar-refractivity contribution is 5.99. The summed E-state index contributed by atoms with van der Waals surface area (Å²) in [6, 6.07) is 1.70. The molecule has 2 unspecified atom stereocenters. The normalized spacial score (nSPS) is 24.6. The molecule has 2 N–H and O–H groups in total. The Bertz CT molecular complexity index is 972. The number of aromatic nitrogens is 3. The zero-order chi connectivity index (χ0) is 20.0. The van der Waals surface area contributed by atoms with Gasteiger partial charge in [0.25, 0.3) is 5.91 Å². The number of hydrazine groups is 1. The molecule has 3 aliphatic rings. The maximum atomic E-state index is 14.1. The lowest BCUT2D eigenvalue weighted by Gasteiger charge is -2.34. The molecule has 2 bridgehead atoms. The van der Waals surface area contributed by atoms with Gasteiger partial charge in [0, 0.05) is 44.0 Å². The number of amides is 1. The molecule has 0 aromatic carbocycles. The first-order valence-corrected chi connectivity index (χ1v) is 10.1. The largest absolute Gasteiger partial charge is 0.350 e. The van der Waals surface area contributed by atoms with E-state index in [0.717, 1.165) is 30.6 Å². The second kappa shape index (κ2) is 7.23. The van der Waals surface area contributed by atoms with Gasteiger partial charge in [-0.05, 0) is 30.5 Å². The van der Waals surface area contributed by atoms with Crippen LogP contribution in [0.1, 0.15) is 47.4 Å². The number of halogens is 1. The number of carbonyl (C=O) groups is 1. The number of nitrogens with one attached hydrogen (secondary N) is 2. The van der Waals surface area contributed by atoms with Crippen LogP contribution < -0.4 is 10.7 Å². The summed E-state index contributed by atoms with van der Waals surface area (Å²) in [4.78, 5) is 19.6. The van der Waals surface area contributed by atoms with E-state index in [1.54, 1.807) is 16.9 Å². The van der Waals surface area contributed by atoms with Crippen molar-refractivity contribution in [2.75, 3.05) is 25.0 Å². The molecular weight excluding hydrogens is 373 g/mol. The molecule has 1 fully saturated rings. The van der Waals surface area contributed by atoms with Crippen LogP contribution in [-0.2, 0) is 6.42 Å². The highest BCUT2D eigenvalue weighted by atomic mass is 19.1. The predicted molar refractivity (Wildman–Crippen MR) is 106 cm³/mol. The van der Waals surface area contributed by atoms with E-state index in [0.29, 0.717) is 30.9 Å². The van der Waals surface area contributed by atoms with Gasteiger partial charge >= 0.3 is 0 Å². The van der Waals surface area contributed by atoms with Crippen LogP contribution in [0.25, 0.3) is 6.20 Å². The van der Waals surface area contributed by atoms with Crippen molar-refractivity contribution in [1.82, 2.24) is 30.1 Å². The van der Waals surface area contributed by atoms with Crippen molar-refractivity contribution in [1.29, 1.82) is 0 Å². The van der Waals surface area contributed by atoms with Gasteiger partial charge in [0.2, 0.25) is 0 Å². The molecule has 152 valence electrons. The number of anilines is 1. The van der Waals surface area contributed by atoms with Gasteiger partial charge in [0.05, 0.1) is 12.4 Å². The Balaban J connectivity index is 1.60. The number of nitrogens with zero attached hydrogens (tertiary/aromatic N) is 5. The Morgan fingerprint density at radius 1 is 1.31 bits per heavy atom. The zero-order valence-corrected chi connectivity index (χ0v) is 16.3. The monoisotopic (exact) mass is 397 g/mol. The maximum absolute atomic E-state index is 14.1. The molecule has 9 heteroatoms. The molecule has 0 radical (unpaired) electrons. The Morgan fingerprint density at radius 3 is 3.07 bits per heavy atom. The van der Waals surface area contributed by atoms with E-state index in [-0.39, 0.29) is 23.9 Å². The maximum Gasteiger partial charge on any atom is 0.270 e. The molecule has 8 nitrogen and oxygen atoms in total. The van der Waals surface area contributed by atoms with Crippen LogP contribution in [0.5, 0.6) is 0 Å². The molecule has 1 saturated heterocycles. The van der Waals surface area contributed by atoms with Crippen molar-refractivity contribution >= 4 is 17.9 Å². The van der Waals surface area contributed by atoms with E-state index in [1.165, 1.54) is 6.20 Å². The lowest BCUT2D eigenvalue weighted by atomic mass is 10.00. The number of fused-ring (bicyclic) bond motifs is 5. The summed E-state index contributed by atoms with van der Waals surface area (Å²) in [7, 11) is 0. The highest BCUT2D eigenvalue weighted by Gasteiger charge is 2.35. The zero-order valence-electron chi connectivity index (χ0n) is 16.3. The fraction of sp³-hybridized carbons (Fsp3) is 0.450. The van der Waals surface area contributed by atoms with Crippen molar-refractivity contribution in [3.05, 3.63) is 47.2 Å². The average molecular weight is 397 g/mol. The van der Waals surface area contributed by atoms with E-state index in [2.05, 4.69) is 25.7 Å². The van der Waals surface area contributed by atoms with Crippen LogP contribution in [0.15, 0.2) is 24.5 Å². The first kappa shape index (κ1) is 18.3. The lowest BCUT2D eigenvalue weighted by Crippen LogP contribution is -2.43. The molecular formula is C20H24FN7O. The molecule has 0 spiro atoms. The highest BCUT2D eigenvalue weighted by Crippen LogP contribution is 2.37. The van der Waals surface area contributed by atoms with Gasteiger partial charge in [-0.2, -0.15) is 5.10 Å². The van der Waals surface area contributed by atoms with Crippen LogP contribution >= 0.6 is 0 Å². The predicted octanol–water partition coefficient (Wildman–Crippen LogP) is 2.00. The van der Waals surface area contributed by atoms with E-state index in [1.807, 2.05) is 24.2 Å². The number of hydrogen-bond acceptors (Lipinski definition) is 6. The third-order valence-corrected chi connectivity index (χ3v) is 5.97. The third-order valence-electron chi connectivity index (χ3n) is 5.97. The number of pyridine rings is 1. The summed E-state index contributed by atoms with van der Waals surface area (Å²) in [5.74, 6) is 0.167. The van der Waals surface area contributed by atoms with E-state index >= 15 is 0 Å². The van der Waals surface area contributed by atoms with E-state index < -0.39 is 0 Å². The molecule has 29 heavy (non-hydrogen) atoms.